The number of carbonyl (C=O) groups is 3. The average Bonchev–Trinajstić information content (AvgIpc) is 3.19. The summed E-state index contributed by atoms with van der Waals surface area (Å²) in [5, 5.41) is 36.3. The minimum Gasteiger partial charge on any atom is -0.479 e. The number of nitrogens with one attached hydrogen (secondary N) is 1. The summed E-state index contributed by atoms with van der Waals surface area (Å²) in [6.07, 6.45) is -8.81. The van der Waals surface area contributed by atoms with Gasteiger partial charge in [-0.15, -0.1) is 0 Å². The van der Waals surface area contributed by atoms with Crippen LogP contribution in [0.5, 0.6) is 0 Å². The van der Waals surface area contributed by atoms with Crippen LogP contribution in [0.3, 0.4) is 0 Å². The number of rotatable bonds is 15. The van der Waals surface area contributed by atoms with Gasteiger partial charge in [0.05, 0.1) is 16.5 Å². The molecule has 2 unspecified atom stereocenters. The Morgan fingerprint density at radius 2 is 1.39 bits per heavy atom. The van der Waals surface area contributed by atoms with Crippen LogP contribution in [0.2, 0.25) is 0 Å². The fraction of sp³-hybridized carbons (Fsp3) is 0.310. The number of halogens is 5. The van der Waals surface area contributed by atoms with Gasteiger partial charge in [-0.25, -0.2) is 18.4 Å². The standard InChI is InChI=1S/C38H37F5N4O2.C4H6O6/c1-4-44-37(2,3)24-46(22-25-12-14-26(15-13-25)27-16-19-29(20-17-27)38(41,42)43)34(48)23-47-32-11-6-5-9-30(32)36(49)45-33(47)21-18-28-8-7-10-31(39)35(28)40;5-1(3(7)8)2(6)4(9)10/h5-17,19-20,44H,4,18,21-24H2,1-3H3;1-2,5-6H,(H,7,8)(H,9,10). The molecule has 0 aliphatic rings. The van der Waals surface area contributed by atoms with Crippen LogP contribution in [-0.4, -0.2) is 83.6 Å². The summed E-state index contributed by atoms with van der Waals surface area (Å²) in [5.41, 5.74) is 1.13. The van der Waals surface area contributed by atoms with Crippen molar-refractivity contribution in [3.8, 4) is 11.1 Å². The van der Waals surface area contributed by atoms with Gasteiger partial charge >= 0.3 is 18.1 Å². The number of aliphatic hydroxyl groups excluding tert-OH is 2. The van der Waals surface area contributed by atoms with Gasteiger partial charge < -0.3 is 35.2 Å². The first-order valence-corrected chi connectivity index (χ1v) is 18.2. The van der Waals surface area contributed by atoms with Crippen molar-refractivity contribution in [2.24, 2.45) is 0 Å². The highest BCUT2D eigenvalue weighted by Gasteiger charge is 2.31. The zero-order chi connectivity index (χ0) is 43.7. The van der Waals surface area contributed by atoms with E-state index in [1.165, 1.54) is 24.3 Å². The number of amides is 1. The highest BCUT2D eigenvalue weighted by atomic mass is 19.4. The summed E-state index contributed by atoms with van der Waals surface area (Å²) in [4.78, 5) is 52.7. The molecule has 5 N–H and O–H groups in total. The van der Waals surface area contributed by atoms with Crippen LogP contribution in [-0.2, 0) is 46.5 Å². The topological polar surface area (TPSA) is 182 Å². The number of aliphatic hydroxyl groups is 2. The van der Waals surface area contributed by atoms with Crippen LogP contribution in [0, 0.1) is 11.6 Å². The van der Waals surface area contributed by atoms with Gasteiger partial charge in [-0.3, -0.25) is 9.59 Å². The molecule has 1 heterocycles. The summed E-state index contributed by atoms with van der Waals surface area (Å²) < 4.78 is 69.2. The molecule has 59 heavy (non-hydrogen) atoms. The monoisotopic (exact) mass is 826 g/mol. The van der Waals surface area contributed by atoms with Crippen molar-refractivity contribution >= 4 is 28.7 Å². The molecule has 314 valence electrons. The first-order valence-electron chi connectivity index (χ1n) is 18.2. The molecule has 12 nitrogen and oxygen atoms in total. The van der Waals surface area contributed by atoms with E-state index in [-0.39, 0.29) is 43.2 Å². The Hall–Kier alpha value is -6.04. The quantitative estimate of drug-likeness (QED) is 0.0853. The SMILES string of the molecule is CCNC(C)(C)CN(Cc1ccc(-c2ccc(C(F)(F)F)cc2)cc1)C(=O)Cn1c(CCc2cccc(F)c2F)nc(=O)c2ccccc21.O=C(O)C(O)C(O)C(=O)O. The van der Waals surface area contributed by atoms with E-state index >= 15 is 0 Å². The lowest BCUT2D eigenvalue weighted by atomic mass is 10.0. The molecule has 4 aromatic carbocycles. The lowest BCUT2D eigenvalue weighted by molar-refractivity contribution is -0.165. The van der Waals surface area contributed by atoms with Crippen LogP contribution in [0.15, 0.2) is 95.8 Å². The number of carbonyl (C=O) groups excluding carboxylic acids is 1. The number of fused-ring (bicyclic) bond motifs is 1. The molecule has 0 spiro atoms. The molecule has 0 fully saturated rings. The number of likely N-dealkylation sites (N-methyl/N-ethyl adjacent to an activating group) is 1. The van der Waals surface area contributed by atoms with E-state index in [1.807, 2.05) is 32.9 Å². The van der Waals surface area contributed by atoms with E-state index in [9.17, 15) is 41.1 Å². The summed E-state index contributed by atoms with van der Waals surface area (Å²) in [7, 11) is 0. The highest BCUT2D eigenvalue weighted by Crippen LogP contribution is 2.31. The van der Waals surface area contributed by atoms with Gasteiger partial charge in [0.25, 0.3) is 5.56 Å². The van der Waals surface area contributed by atoms with E-state index in [1.54, 1.807) is 45.9 Å². The second-order valence-corrected chi connectivity index (χ2v) is 14.2. The number of aryl methyl sites for hydroxylation is 2. The van der Waals surface area contributed by atoms with Crippen LogP contribution >= 0.6 is 0 Å². The van der Waals surface area contributed by atoms with Gasteiger partial charge in [-0.1, -0.05) is 67.6 Å². The van der Waals surface area contributed by atoms with E-state index in [0.29, 0.717) is 29.6 Å². The molecule has 0 aliphatic heterocycles. The number of hydrogen-bond donors (Lipinski definition) is 5. The van der Waals surface area contributed by atoms with Crippen molar-refractivity contribution in [3.05, 3.63) is 135 Å². The predicted molar refractivity (Wildman–Crippen MR) is 207 cm³/mol. The maximum atomic E-state index is 14.5. The first-order chi connectivity index (χ1) is 27.7. The zero-order valence-electron chi connectivity index (χ0n) is 32.2. The van der Waals surface area contributed by atoms with Crippen molar-refractivity contribution in [1.29, 1.82) is 0 Å². The molecule has 5 rings (SSSR count). The maximum Gasteiger partial charge on any atom is 0.416 e. The van der Waals surface area contributed by atoms with Gasteiger partial charge in [-0.2, -0.15) is 18.2 Å². The summed E-state index contributed by atoms with van der Waals surface area (Å²) >= 11 is 0. The zero-order valence-corrected chi connectivity index (χ0v) is 32.2. The van der Waals surface area contributed by atoms with E-state index in [2.05, 4.69) is 10.3 Å². The number of aromatic nitrogens is 2. The molecule has 17 heteroatoms. The van der Waals surface area contributed by atoms with Crippen LogP contribution in [0.1, 0.15) is 43.3 Å². The van der Waals surface area contributed by atoms with Crippen molar-refractivity contribution in [1.82, 2.24) is 19.8 Å². The highest BCUT2D eigenvalue weighted by molar-refractivity contribution is 5.83. The fourth-order valence-electron chi connectivity index (χ4n) is 6.25. The van der Waals surface area contributed by atoms with Gasteiger partial charge in [0.2, 0.25) is 5.91 Å². The Morgan fingerprint density at radius 3 is 1.95 bits per heavy atom. The Bertz CT molecular complexity index is 2300. The molecule has 0 aliphatic carbocycles. The number of carboxylic acids is 2. The number of nitrogens with zero attached hydrogens (tertiary/aromatic N) is 3. The summed E-state index contributed by atoms with van der Waals surface area (Å²) in [6.45, 7) is 7.01. The molecular formula is C42H43F5N4O8. The van der Waals surface area contributed by atoms with Crippen molar-refractivity contribution in [2.75, 3.05) is 13.1 Å². The van der Waals surface area contributed by atoms with Crippen LogP contribution < -0.4 is 10.9 Å². The molecule has 0 saturated carbocycles. The lowest BCUT2D eigenvalue weighted by Crippen LogP contribution is -2.51. The minimum absolute atomic E-state index is 0.0605. The Kier molecular flexibility index (Phi) is 15.2. The minimum atomic E-state index is -4.42. The molecule has 1 amide bonds. The molecule has 1 aromatic heterocycles. The number of alkyl halides is 3. The van der Waals surface area contributed by atoms with Crippen LogP contribution in [0.25, 0.3) is 22.0 Å². The molecule has 0 saturated heterocycles. The number of aliphatic carboxylic acids is 2. The van der Waals surface area contributed by atoms with Crippen molar-refractivity contribution < 1.29 is 56.8 Å². The second kappa shape index (κ2) is 19.6. The fourth-order valence-corrected chi connectivity index (χ4v) is 6.25. The molecular weight excluding hydrogens is 783 g/mol. The van der Waals surface area contributed by atoms with E-state index in [0.717, 1.165) is 29.3 Å². The molecule has 5 aromatic rings. The van der Waals surface area contributed by atoms with Gasteiger partial charge in [0.1, 0.15) is 12.4 Å². The molecule has 2 atom stereocenters. The maximum absolute atomic E-state index is 14.5. The van der Waals surface area contributed by atoms with Crippen molar-refractivity contribution in [3.63, 3.8) is 0 Å². The lowest BCUT2D eigenvalue weighted by Gasteiger charge is -2.34. The third kappa shape index (κ3) is 12.2. The molecule has 0 bridgehead atoms. The van der Waals surface area contributed by atoms with Crippen LogP contribution in [0.4, 0.5) is 22.0 Å². The van der Waals surface area contributed by atoms with E-state index in [4.69, 9.17) is 20.4 Å². The first kappa shape index (κ1) is 45.7. The third-order valence-corrected chi connectivity index (χ3v) is 9.18. The van der Waals surface area contributed by atoms with E-state index < -0.39 is 58.6 Å². The Morgan fingerprint density at radius 1 is 0.814 bits per heavy atom. The second-order valence-electron chi connectivity index (χ2n) is 14.2. The summed E-state index contributed by atoms with van der Waals surface area (Å²) in [6, 6.07) is 23.0. The number of hydrogen-bond acceptors (Lipinski definition) is 8. The molecule has 0 radical (unpaired) electrons. The average molecular weight is 827 g/mol. The largest absolute Gasteiger partial charge is 0.479 e. The Labute approximate surface area is 335 Å². The summed E-state index contributed by atoms with van der Waals surface area (Å²) in [5.74, 6) is -5.46. The van der Waals surface area contributed by atoms with Gasteiger partial charge in [-0.05, 0) is 79.4 Å². The predicted octanol–water partition coefficient (Wildman–Crippen LogP) is 5.44. The van der Waals surface area contributed by atoms with Gasteiger partial charge in [0.15, 0.2) is 23.8 Å². The normalized spacial score (nSPS) is 12.6. The van der Waals surface area contributed by atoms with Gasteiger partial charge in [0, 0.05) is 25.0 Å². The number of benzene rings is 4. The third-order valence-electron chi connectivity index (χ3n) is 9.18. The van der Waals surface area contributed by atoms with Crippen molar-refractivity contribution in [2.45, 2.75) is 70.6 Å². The number of para-hydroxylation sites is 1. The smallest absolute Gasteiger partial charge is 0.416 e. The Balaban J connectivity index is 0.000000680. The number of carboxylic acid groups (broad SMARTS) is 2.